The van der Waals surface area contributed by atoms with Gasteiger partial charge in [0.1, 0.15) is 6.10 Å². The molecule has 0 unspecified atom stereocenters. The van der Waals surface area contributed by atoms with Gasteiger partial charge < -0.3 is 4.74 Å². The van der Waals surface area contributed by atoms with Crippen LogP contribution in [0.4, 0.5) is 0 Å². The highest BCUT2D eigenvalue weighted by Crippen LogP contribution is 2.59. The molecule has 2 heterocycles. The lowest BCUT2D eigenvalue weighted by Crippen LogP contribution is -2.41. The third-order valence-corrected chi connectivity index (χ3v) is 7.87. The minimum absolute atomic E-state index is 0.0570. The molecule has 3 fully saturated rings. The smallest absolute Gasteiger partial charge is 0.334 e. The van der Waals surface area contributed by atoms with Gasteiger partial charge in [0.15, 0.2) is 0 Å². The monoisotopic (exact) mass is 280 g/mol. The van der Waals surface area contributed by atoms with Gasteiger partial charge in [-0.25, -0.2) is 4.79 Å². The van der Waals surface area contributed by atoms with Crippen LogP contribution in [-0.4, -0.2) is 27.7 Å². The first-order valence-electron chi connectivity index (χ1n) is 6.70. The van der Waals surface area contributed by atoms with E-state index in [1.165, 1.54) is 23.5 Å². The first kappa shape index (κ1) is 11.5. The number of carbonyl (C=O) groups is 1. The van der Waals surface area contributed by atoms with E-state index in [1.54, 1.807) is 0 Å². The summed E-state index contributed by atoms with van der Waals surface area (Å²) in [7, 11) is 0. The average Bonchev–Trinajstić information content (AvgIpc) is 2.74. The van der Waals surface area contributed by atoms with E-state index in [9.17, 15) is 4.79 Å². The minimum Gasteiger partial charge on any atom is -0.458 e. The number of carbonyl (C=O) groups excluding carboxylic acids is 1. The Morgan fingerprint density at radius 3 is 2.94 bits per heavy atom. The van der Waals surface area contributed by atoms with E-state index in [0.29, 0.717) is 0 Å². The quantitative estimate of drug-likeness (QED) is 0.503. The Bertz CT molecular complexity index is 460. The number of hydrogen-bond acceptors (Lipinski definition) is 4. The van der Waals surface area contributed by atoms with Crippen molar-refractivity contribution < 1.29 is 9.53 Å². The van der Waals surface area contributed by atoms with Gasteiger partial charge in [-0.1, -0.05) is 12.2 Å². The minimum atomic E-state index is -0.0570. The summed E-state index contributed by atoms with van der Waals surface area (Å²) in [5, 5.41) is 0. The Kier molecular flexibility index (Phi) is 2.60. The van der Waals surface area contributed by atoms with Gasteiger partial charge in [0, 0.05) is 5.57 Å². The molecule has 4 aliphatic rings. The van der Waals surface area contributed by atoms with Crippen LogP contribution in [0.15, 0.2) is 23.3 Å². The summed E-state index contributed by atoms with van der Waals surface area (Å²) in [4.78, 5) is 11.9. The van der Waals surface area contributed by atoms with Gasteiger partial charge >= 0.3 is 5.97 Å². The lowest BCUT2D eigenvalue weighted by atomic mass is 9.75. The van der Waals surface area contributed by atoms with E-state index in [4.69, 9.17) is 4.74 Å². The van der Waals surface area contributed by atoms with Crippen molar-refractivity contribution in [2.45, 2.75) is 35.9 Å². The molecule has 2 aliphatic heterocycles. The fourth-order valence-electron chi connectivity index (χ4n) is 3.60. The molecule has 0 N–H and O–H groups in total. The molecule has 0 aromatic rings. The molecule has 2 nitrogen and oxygen atoms in total. The van der Waals surface area contributed by atoms with Crippen molar-refractivity contribution in [3.05, 3.63) is 23.3 Å². The molecule has 18 heavy (non-hydrogen) atoms. The van der Waals surface area contributed by atoms with Crippen molar-refractivity contribution in [1.29, 1.82) is 0 Å². The van der Waals surface area contributed by atoms with Gasteiger partial charge in [0.05, 0.1) is 10.00 Å². The zero-order chi connectivity index (χ0) is 12.2. The second-order valence-corrected chi connectivity index (χ2v) is 8.36. The lowest BCUT2D eigenvalue weighted by molar-refractivity contribution is -0.139. The maximum atomic E-state index is 11.9. The number of fused-ring (bicyclic) bond motifs is 1. The lowest BCUT2D eigenvalue weighted by Gasteiger charge is -2.46. The number of allylic oxidation sites excluding steroid dienone is 2. The second kappa shape index (κ2) is 4.07. The van der Waals surface area contributed by atoms with E-state index >= 15 is 0 Å². The zero-order valence-corrected chi connectivity index (χ0v) is 11.8. The number of rotatable bonds is 0. The van der Waals surface area contributed by atoms with Crippen LogP contribution in [0.3, 0.4) is 0 Å². The largest absolute Gasteiger partial charge is 0.458 e. The molecule has 96 valence electrons. The Balaban J connectivity index is 1.75. The van der Waals surface area contributed by atoms with Gasteiger partial charge in [-0.3, -0.25) is 0 Å². The second-order valence-electron chi connectivity index (χ2n) is 5.32. The molecular formula is C14H16O2S2. The van der Waals surface area contributed by atoms with Crippen molar-refractivity contribution in [1.82, 2.24) is 0 Å². The molecule has 0 aromatic heterocycles. The molecule has 0 amide bonds. The highest BCUT2D eigenvalue weighted by Gasteiger charge is 2.54. The van der Waals surface area contributed by atoms with Gasteiger partial charge in [-0.05, 0) is 42.8 Å². The van der Waals surface area contributed by atoms with Crippen molar-refractivity contribution in [2.24, 2.45) is 5.92 Å². The van der Waals surface area contributed by atoms with Crippen molar-refractivity contribution in [3.63, 3.8) is 0 Å². The molecule has 4 heteroatoms. The third kappa shape index (κ3) is 1.48. The van der Waals surface area contributed by atoms with Crippen molar-refractivity contribution in [3.8, 4) is 0 Å². The topological polar surface area (TPSA) is 26.3 Å². The first-order valence-corrected chi connectivity index (χ1v) is 8.67. The van der Waals surface area contributed by atoms with E-state index in [0.717, 1.165) is 24.8 Å². The van der Waals surface area contributed by atoms with E-state index in [1.807, 2.05) is 0 Å². The summed E-state index contributed by atoms with van der Waals surface area (Å²) in [6, 6.07) is 0. The highest BCUT2D eigenvalue weighted by molar-refractivity contribution is 8.19. The predicted octanol–water partition coefficient (Wildman–Crippen LogP) is 3.14. The molecule has 0 bridgehead atoms. The first-order chi connectivity index (χ1) is 8.80. The summed E-state index contributed by atoms with van der Waals surface area (Å²) in [5.74, 6) is 2.74. The van der Waals surface area contributed by atoms with E-state index in [-0.39, 0.29) is 22.1 Å². The Labute approximate surface area is 116 Å². The summed E-state index contributed by atoms with van der Waals surface area (Å²) < 4.78 is 5.80. The van der Waals surface area contributed by atoms with E-state index in [2.05, 4.69) is 35.7 Å². The van der Waals surface area contributed by atoms with Crippen LogP contribution in [-0.2, 0) is 9.53 Å². The van der Waals surface area contributed by atoms with Crippen LogP contribution in [0.5, 0.6) is 0 Å². The molecule has 0 radical (unpaired) electrons. The maximum Gasteiger partial charge on any atom is 0.334 e. The SMILES string of the molecule is O=C1O[C@@H]2CCC3(SCCCS3)C3=CCC=C1[C@@H]32. The van der Waals surface area contributed by atoms with Crippen LogP contribution >= 0.6 is 23.5 Å². The number of esters is 1. The Hall–Kier alpha value is -0.350. The van der Waals surface area contributed by atoms with Crippen molar-refractivity contribution >= 4 is 29.5 Å². The predicted molar refractivity (Wildman–Crippen MR) is 75.7 cm³/mol. The summed E-state index contributed by atoms with van der Waals surface area (Å²) >= 11 is 4.21. The van der Waals surface area contributed by atoms with Crippen LogP contribution in [0.25, 0.3) is 0 Å². The van der Waals surface area contributed by atoms with Crippen molar-refractivity contribution in [2.75, 3.05) is 11.5 Å². The molecule has 1 spiro atoms. The molecule has 1 saturated carbocycles. The van der Waals surface area contributed by atoms with Crippen LogP contribution < -0.4 is 0 Å². The molecule has 2 atom stereocenters. The van der Waals surface area contributed by atoms with Gasteiger partial charge in [0.25, 0.3) is 0 Å². The summed E-state index contributed by atoms with van der Waals surface area (Å²) in [5.41, 5.74) is 2.44. The summed E-state index contributed by atoms with van der Waals surface area (Å²) in [6.07, 6.45) is 8.99. The molecule has 4 rings (SSSR count). The normalized spacial score (nSPS) is 36.8. The molecular weight excluding hydrogens is 264 g/mol. The number of thioether (sulfide) groups is 2. The maximum absolute atomic E-state index is 11.9. The van der Waals surface area contributed by atoms with Gasteiger partial charge in [-0.2, -0.15) is 0 Å². The fourth-order valence-corrected chi connectivity index (χ4v) is 7.13. The van der Waals surface area contributed by atoms with Crippen LogP contribution in [0, 0.1) is 5.92 Å². The molecule has 0 aromatic carbocycles. The Morgan fingerprint density at radius 2 is 2.11 bits per heavy atom. The number of ether oxygens (including phenoxy) is 1. The van der Waals surface area contributed by atoms with Crippen LogP contribution in [0.1, 0.15) is 25.7 Å². The van der Waals surface area contributed by atoms with Crippen LogP contribution in [0.2, 0.25) is 0 Å². The van der Waals surface area contributed by atoms with E-state index < -0.39 is 0 Å². The molecule has 2 saturated heterocycles. The number of hydrogen-bond donors (Lipinski definition) is 0. The standard InChI is InChI=1S/C14H16O2S2/c15-13-9-3-1-4-10-12(9)11(16-13)5-6-14(10)17-7-2-8-18-14/h3-4,11-12H,1-2,5-8H2/t11-,12+/m1/s1. The van der Waals surface area contributed by atoms with Gasteiger partial charge in [0.2, 0.25) is 0 Å². The molecule has 2 aliphatic carbocycles. The Morgan fingerprint density at radius 1 is 1.28 bits per heavy atom. The zero-order valence-electron chi connectivity index (χ0n) is 10.2. The van der Waals surface area contributed by atoms with Gasteiger partial charge in [-0.15, -0.1) is 23.5 Å². The summed E-state index contributed by atoms with van der Waals surface area (Å²) in [6.45, 7) is 0. The average molecular weight is 280 g/mol. The third-order valence-electron chi connectivity index (χ3n) is 4.37. The fraction of sp³-hybridized carbons (Fsp3) is 0.643. The highest BCUT2D eigenvalue weighted by atomic mass is 32.2.